The van der Waals surface area contributed by atoms with E-state index in [-0.39, 0.29) is 34.4 Å². The normalized spacial score (nSPS) is 10.8. The Balaban J connectivity index is 1.48. The van der Waals surface area contributed by atoms with Crippen molar-refractivity contribution < 1.29 is 14.0 Å². The van der Waals surface area contributed by atoms with Crippen LogP contribution in [0, 0.1) is 5.82 Å². The van der Waals surface area contributed by atoms with Crippen molar-refractivity contribution >= 4 is 34.7 Å². The SMILES string of the molecule is O=C(Cn1nc2ccc(C(=O)NCc3ccccc3)cn2c1=O)Nc1ccc(F)cc1Cl. The number of hydrogen-bond donors (Lipinski definition) is 2. The molecule has 32 heavy (non-hydrogen) atoms. The van der Waals surface area contributed by atoms with Crippen LogP contribution in [0.1, 0.15) is 15.9 Å². The molecule has 2 amide bonds. The predicted molar refractivity (Wildman–Crippen MR) is 117 cm³/mol. The minimum absolute atomic E-state index is 0.0341. The van der Waals surface area contributed by atoms with E-state index in [1.54, 1.807) is 6.07 Å². The molecule has 0 spiro atoms. The summed E-state index contributed by atoms with van der Waals surface area (Å²) in [5.41, 5.74) is 1.13. The Labute approximate surface area is 186 Å². The zero-order chi connectivity index (χ0) is 22.7. The summed E-state index contributed by atoms with van der Waals surface area (Å²) in [6, 6.07) is 16.0. The number of anilines is 1. The lowest BCUT2D eigenvalue weighted by molar-refractivity contribution is -0.117. The van der Waals surface area contributed by atoms with Crippen LogP contribution in [0.25, 0.3) is 5.65 Å². The molecule has 0 aliphatic heterocycles. The van der Waals surface area contributed by atoms with Gasteiger partial charge in [-0.05, 0) is 35.9 Å². The average Bonchev–Trinajstić information content (AvgIpc) is 3.09. The van der Waals surface area contributed by atoms with Crippen LogP contribution in [0.2, 0.25) is 5.02 Å². The van der Waals surface area contributed by atoms with E-state index < -0.39 is 17.4 Å². The largest absolute Gasteiger partial charge is 0.350 e. The van der Waals surface area contributed by atoms with Gasteiger partial charge in [0.25, 0.3) is 5.91 Å². The fraction of sp³-hybridized carbons (Fsp3) is 0.0909. The molecule has 0 fully saturated rings. The summed E-state index contributed by atoms with van der Waals surface area (Å²) in [7, 11) is 0. The van der Waals surface area contributed by atoms with E-state index in [2.05, 4.69) is 15.7 Å². The lowest BCUT2D eigenvalue weighted by atomic mass is 10.2. The van der Waals surface area contributed by atoms with Crippen molar-refractivity contribution in [1.29, 1.82) is 0 Å². The lowest BCUT2D eigenvalue weighted by Crippen LogP contribution is -2.28. The topological polar surface area (TPSA) is 97.5 Å². The van der Waals surface area contributed by atoms with Crippen molar-refractivity contribution in [2.45, 2.75) is 13.1 Å². The molecule has 2 aromatic carbocycles. The summed E-state index contributed by atoms with van der Waals surface area (Å²) < 4.78 is 15.3. The number of nitrogens with one attached hydrogen (secondary N) is 2. The number of pyridine rings is 1. The molecule has 162 valence electrons. The highest BCUT2D eigenvalue weighted by molar-refractivity contribution is 6.33. The number of rotatable bonds is 6. The maximum absolute atomic E-state index is 13.1. The lowest BCUT2D eigenvalue weighted by Gasteiger charge is -2.06. The Morgan fingerprint density at radius 2 is 1.84 bits per heavy atom. The third kappa shape index (κ3) is 4.68. The molecule has 8 nitrogen and oxygen atoms in total. The fourth-order valence-electron chi connectivity index (χ4n) is 3.05. The maximum Gasteiger partial charge on any atom is 0.350 e. The van der Waals surface area contributed by atoms with E-state index in [4.69, 9.17) is 11.6 Å². The average molecular weight is 454 g/mol. The first-order valence-corrected chi connectivity index (χ1v) is 9.95. The molecule has 10 heteroatoms. The van der Waals surface area contributed by atoms with Gasteiger partial charge >= 0.3 is 5.69 Å². The number of carbonyl (C=O) groups is 2. The zero-order valence-corrected chi connectivity index (χ0v) is 17.3. The Kier molecular flexibility index (Phi) is 6.00. The van der Waals surface area contributed by atoms with Crippen LogP contribution in [-0.4, -0.2) is 26.0 Å². The smallest absolute Gasteiger partial charge is 0.348 e. The number of nitrogens with zero attached hydrogens (tertiary/aromatic N) is 3. The van der Waals surface area contributed by atoms with Gasteiger partial charge in [-0.1, -0.05) is 41.9 Å². The van der Waals surface area contributed by atoms with Crippen molar-refractivity contribution in [3.8, 4) is 0 Å². The molecule has 4 rings (SSSR count). The predicted octanol–water partition coefficient (Wildman–Crippen LogP) is 2.86. The summed E-state index contributed by atoms with van der Waals surface area (Å²) >= 11 is 5.90. The van der Waals surface area contributed by atoms with E-state index in [1.807, 2.05) is 30.3 Å². The molecule has 0 atom stereocenters. The summed E-state index contributed by atoms with van der Waals surface area (Å²) in [6.45, 7) is -0.0399. The monoisotopic (exact) mass is 453 g/mol. The van der Waals surface area contributed by atoms with E-state index in [9.17, 15) is 18.8 Å². The van der Waals surface area contributed by atoms with Crippen LogP contribution in [0.15, 0.2) is 71.7 Å². The number of benzene rings is 2. The third-order valence-corrected chi connectivity index (χ3v) is 4.95. The summed E-state index contributed by atoms with van der Waals surface area (Å²) in [5.74, 6) is -1.45. The molecule has 0 aliphatic carbocycles. The highest BCUT2D eigenvalue weighted by Gasteiger charge is 2.14. The van der Waals surface area contributed by atoms with Crippen molar-refractivity contribution in [3.05, 3.63) is 99.3 Å². The standard InChI is InChI=1S/C22H17ClFN5O3/c23-17-10-16(24)7-8-18(17)26-20(30)13-29-22(32)28-12-15(6-9-19(28)27-29)21(31)25-11-14-4-2-1-3-5-14/h1-10,12H,11,13H2,(H,25,31)(H,26,30). The van der Waals surface area contributed by atoms with Gasteiger partial charge in [0.2, 0.25) is 5.91 Å². The van der Waals surface area contributed by atoms with Crippen molar-refractivity contribution in [2.75, 3.05) is 5.32 Å². The minimum atomic E-state index is -0.585. The minimum Gasteiger partial charge on any atom is -0.348 e. The molecule has 4 aromatic rings. The van der Waals surface area contributed by atoms with Crippen LogP contribution in [-0.2, 0) is 17.9 Å². The van der Waals surface area contributed by atoms with Gasteiger partial charge in [0, 0.05) is 12.7 Å². The second-order valence-electron chi connectivity index (χ2n) is 6.93. The Bertz CT molecular complexity index is 1370. The van der Waals surface area contributed by atoms with Gasteiger partial charge < -0.3 is 10.6 Å². The summed E-state index contributed by atoms with van der Waals surface area (Å²) in [4.78, 5) is 37.4. The van der Waals surface area contributed by atoms with Crippen LogP contribution < -0.4 is 16.3 Å². The van der Waals surface area contributed by atoms with Gasteiger partial charge in [-0.3, -0.25) is 9.59 Å². The molecule has 0 unspecified atom stereocenters. The molecule has 0 bridgehead atoms. The van der Waals surface area contributed by atoms with Gasteiger partial charge in [0.05, 0.1) is 16.3 Å². The molecular formula is C22H17ClFN5O3. The molecule has 2 aromatic heterocycles. The Hall–Kier alpha value is -3.98. The third-order valence-electron chi connectivity index (χ3n) is 4.63. The first-order valence-electron chi connectivity index (χ1n) is 9.57. The molecule has 0 saturated carbocycles. The molecule has 0 radical (unpaired) electrons. The van der Waals surface area contributed by atoms with E-state index in [1.165, 1.54) is 22.7 Å². The van der Waals surface area contributed by atoms with Crippen LogP contribution >= 0.6 is 11.6 Å². The number of amides is 2. The van der Waals surface area contributed by atoms with Crippen molar-refractivity contribution in [1.82, 2.24) is 19.5 Å². The first-order chi connectivity index (χ1) is 15.4. The zero-order valence-electron chi connectivity index (χ0n) is 16.6. The molecule has 2 N–H and O–H groups in total. The number of carbonyl (C=O) groups excluding carboxylic acids is 2. The van der Waals surface area contributed by atoms with Crippen molar-refractivity contribution in [3.63, 3.8) is 0 Å². The first kappa shape index (κ1) is 21.3. The van der Waals surface area contributed by atoms with E-state index >= 15 is 0 Å². The molecular weight excluding hydrogens is 437 g/mol. The number of hydrogen-bond acceptors (Lipinski definition) is 4. The van der Waals surface area contributed by atoms with Crippen LogP contribution in [0.4, 0.5) is 10.1 Å². The number of aromatic nitrogens is 3. The van der Waals surface area contributed by atoms with Crippen molar-refractivity contribution in [2.24, 2.45) is 0 Å². The molecule has 0 aliphatic rings. The molecule has 0 saturated heterocycles. The summed E-state index contributed by atoms with van der Waals surface area (Å²) in [6.07, 6.45) is 1.37. The van der Waals surface area contributed by atoms with Gasteiger partial charge in [-0.25, -0.2) is 18.3 Å². The fourth-order valence-corrected chi connectivity index (χ4v) is 3.27. The van der Waals surface area contributed by atoms with Gasteiger partial charge in [0.1, 0.15) is 12.4 Å². The second kappa shape index (κ2) is 9.03. The quantitative estimate of drug-likeness (QED) is 0.469. The van der Waals surface area contributed by atoms with Gasteiger partial charge in [-0.15, -0.1) is 5.10 Å². The Morgan fingerprint density at radius 1 is 1.06 bits per heavy atom. The van der Waals surface area contributed by atoms with E-state index in [0.717, 1.165) is 22.4 Å². The van der Waals surface area contributed by atoms with Crippen LogP contribution in [0.3, 0.4) is 0 Å². The van der Waals surface area contributed by atoms with Gasteiger partial charge in [-0.2, -0.15) is 0 Å². The number of halogens is 2. The highest BCUT2D eigenvalue weighted by Crippen LogP contribution is 2.22. The maximum atomic E-state index is 13.1. The Morgan fingerprint density at radius 3 is 2.59 bits per heavy atom. The second-order valence-corrected chi connectivity index (χ2v) is 7.33. The van der Waals surface area contributed by atoms with E-state index in [0.29, 0.717) is 6.54 Å². The highest BCUT2D eigenvalue weighted by atomic mass is 35.5. The number of fused-ring (bicyclic) bond motifs is 1. The summed E-state index contributed by atoms with van der Waals surface area (Å²) in [5, 5.41) is 9.44. The van der Waals surface area contributed by atoms with Crippen LogP contribution in [0.5, 0.6) is 0 Å². The van der Waals surface area contributed by atoms with Gasteiger partial charge in [0.15, 0.2) is 5.65 Å². The molecule has 2 heterocycles.